The lowest BCUT2D eigenvalue weighted by molar-refractivity contribution is -0.119. The third kappa shape index (κ3) is 3.39. The summed E-state index contributed by atoms with van der Waals surface area (Å²) in [6, 6.07) is 6.18. The van der Waals surface area contributed by atoms with Crippen LogP contribution in [0.1, 0.15) is 19.4 Å². The van der Waals surface area contributed by atoms with Gasteiger partial charge in [-0.2, -0.15) is 0 Å². The molecule has 3 heteroatoms. The van der Waals surface area contributed by atoms with Gasteiger partial charge in [-0.3, -0.25) is 9.69 Å². The second-order valence-electron chi connectivity index (χ2n) is 5.49. The van der Waals surface area contributed by atoms with Gasteiger partial charge in [0.25, 0.3) is 0 Å². The van der Waals surface area contributed by atoms with Crippen LogP contribution in [0.2, 0.25) is 0 Å². The van der Waals surface area contributed by atoms with Crippen LogP contribution in [0.25, 0.3) is 0 Å². The second-order valence-corrected chi connectivity index (χ2v) is 5.49. The first-order valence-electron chi connectivity index (χ1n) is 6.53. The Bertz CT molecular complexity index is 405. The maximum Gasteiger partial charge on any atom is 0.151 e. The van der Waals surface area contributed by atoms with Crippen molar-refractivity contribution >= 4 is 5.78 Å². The van der Waals surface area contributed by atoms with E-state index in [4.69, 9.17) is 0 Å². The topological polar surface area (TPSA) is 20.3 Å². The molecule has 2 unspecified atom stereocenters. The Morgan fingerprint density at radius 1 is 1.22 bits per heavy atom. The number of halogens is 1. The van der Waals surface area contributed by atoms with E-state index in [2.05, 4.69) is 18.7 Å². The van der Waals surface area contributed by atoms with Gasteiger partial charge in [0, 0.05) is 19.5 Å². The summed E-state index contributed by atoms with van der Waals surface area (Å²) in [6.07, 6.45) is 0.402. The fourth-order valence-electron chi connectivity index (χ4n) is 2.51. The van der Waals surface area contributed by atoms with Crippen LogP contribution >= 0.6 is 0 Å². The molecule has 98 valence electrons. The molecule has 0 aromatic heterocycles. The van der Waals surface area contributed by atoms with Crippen molar-refractivity contribution in [3.05, 3.63) is 35.6 Å². The molecule has 0 aliphatic carbocycles. The minimum Gasteiger partial charge on any atom is -0.298 e. The van der Waals surface area contributed by atoms with Crippen LogP contribution in [0.5, 0.6) is 0 Å². The minimum absolute atomic E-state index is 0.211. The van der Waals surface area contributed by atoms with Crippen molar-refractivity contribution in [2.24, 2.45) is 11.8 Å². The number of benzene rings is 1. The highest BCUT2D eigenvalue weighted by Crippen LogP contribution is 2.21. The van der Waals surface area contributed by atoms with Gasteiger partial charge in [0.15, 0.2) is 5.78 Å². The van der Waals surface area contributed by atoms with Gasteiger partial charge in [0.05, 0.1) is 6.54 Å². The summed E-state index contributed by atoms with van der Waals surface area (Å²) < 4.78 is 12.7. The SMILES string of the molecule is CC1CN(CC(=O)Cc2ccc(F)cc2)CC1C. The Kier molecular flexibility index (Phi) is 4.12. The van der Waals surface area contributed by atoms with Crippen LogP contribution in [0.3, 0.4) is 0 Å². The largest absolute Gasteiger partial charge is 0.298 e. The number of carbonyl (C=O) groups excluding carboxylic acids is 1. The first-order valence-corrected chi connectivity index (χ1v) is 6.53. The van der Waals surface area contributed by atoms with Crippen molar-refractivity contribution < 1.29 is 9.18 Å². The molecule has 1 aliphatic heterocycles. The summed E-state index contributed by atoms with van der Waals surface area (Å²) in [5, 5.41) is 0. The van der Waals surface area contributed by atoms with Gasteiger partial charge in [-0.1, -0.05) is 26.0 Å². The molecule has 1 aromatic rings. The van der Waals surface area contributed by atoms with E-state index in [1.54, 1.807) is 12.1 Å². The van der Waals surface area contributed by atoms with Gasteiger partial charge in [-0.25, -0.2) is 4.39 Å². The van der Waals surface area contributed by atoms with Gasteiger partial charge in [0.1, 0.15) is 5.82 Å². The highest BCUT2D eigenvalue weighted by molar-refractivity contribution is 5.82. The Labute approximate surface area is 108 Å². The number of carbonyl (C=O) groups is 1. The molecule has 2 nitrogen and oxygen atoms in total. The zero-order valence-electron chi connectivity index (χ0n) is 11.0. The highest BCUT2D eigenvalue weighted by Gasteiger charge is 2.26. The Morgan fingerprint density at radius 3 is 2.33 bits per heavy atom. The van der Waals surface area contributed by atoms with E-state index in [-0.39, 0.29) is 11.6 Å². The van der Waals surface area contributed by atoms with Crippen LogP contribution in [0.15, 0.2) is 24.3 Å². The fraction of sp³-hybridized carbons (Fsp3) is 0.533. The van der Waals surface area contributed by atoms with Crippen molar-refractivity contribution in [3.8, 4) is 0 Å². The van der Waals surface area contributed by atoms with Gasteiger partial charge in [-0.15, -0.1) is 0 Å². The molecule has 1 aliphatic rings. The lowest BCUT2D eigenvalue weighted by atomic mass is 10.0. The van der Waals surface area contributed by atoms with Gasteiger partial charge < -0.3 is 0 Å². The van der Waals surface area contributed by atoms with E-state index in [1.807, 2.05) is 0 Å². The number of hydrogen-bond donors (Lipinski definition) is 0. The molecule has 0 amide bonds. The van der Waals surface area contributed by atoms with Crippen LogP contribution in [0, 0.1) is 17.7 Å². The quantitative estimate of drug-likeness (QED) is 0.817. The molecule has 2 atom stereocenters. The summed E-state index contributed by atoms with van der Waals surface area (Å²) in [5.41, 5.74) is 0.890. The van der Waals surface area contributed by atoms with Crippen molar-refractivity contribution in [2.75, 3.05) is 19.6 Å². The number of rotatable bonds is 4. The number of likely N-dealkylation sites (tertiary alicyclic amines) is 1. The first-order chi connectivity index (χ1) is 8.54. The van der Waals surface area contributed by atoms with E-state index in [0.29, 0.717) is 24.8 Å². The van der Waals surface area contributed by atoms with E-state index < -0.39 is 0 Å². The zero-order valence-corrected chi connectivity index (χ0v) is 11.0. The summed E-state index contributed by atoms with van der Waals surface area (Å²) in [7, 11) is 0. The smallest absolute Gasteiger partial charge is 0.151 e. The minimum atomic E-state index is -0.256. The number of ketones is 1. The molecule has 18 heavy (non-hydrogen) atoms. The lowest BCUT2D eigenvalue weighted by Gasteiger charge is -2.14. The van der Waals surface area contributed by atoms with Crippen molar-refractivity contribution in [1.29, 1.82) is 0 Å². The number of Topliss-reactive ketones (excluding diaryl/α,β-unsaturated/α-hetero) is 1. The van der Waals surface area contributed by atoms with Crippen LogP contribution in [-0.2, 0) is 11.2 Å². The predicted octanol–water partition coefficient (Wildman–Crippen LogP) is 2.53. The Balaban J connectivity index is 1.84. The summed E-state index contributed by atoms with van der Waals surface area (Å²) in [6.45, 7) is 7.00. The lowest BCUT2D eigenvalue weighted by Crippen LogP contribution is -2.28. The van der Waals surface area contributed by atoms with Crippen molar-refractivity contribution in [3.63, 3.8) is 0 Å². The molecular formula is C15H20FNO. The summed E-state index contributed by atoms with van der Waals surface area (Å²) >= 11 is 0. The van der Waals surface area contributed by atoms with Crippen molar-refractivity contribution in [1.82, 2.24) is 4.90 Å². The molecule has 1 heterocycles. The number of nitrogens with zero attached hydrogens (tertiary/aromatic N) is 1. The Morgan fingerprint density at radius 2 is 1.78 bits per heavy atom. The predicted molar refractivity (Wildman–Crippen MR) is 69.9 cm³/mol. The molecule has 0 N–H and O–H groups in total. The maximum absolute atomic E-state index is 12.7. The van der Waals surface area contributed by atoms with Gasteiger partial charge in [-0.05, 0) is 29.5 Å². The Hall–Kier alpha value is -1.22. The highest BCUT2D eigenvalue weighted by atomic mass is 19.1. The average molecular weight is 249 g/mol. The molecule has 0 spiro atoms. The molecule has 2 rings (SSSR count). The molecule has 1 aromatic carbocycles. The average Bonchev–Trinajstić information content (AvgIpc) is 2.61. The van der Waals surface area contributed by atoms with Crippen LogP contribution in [-0.4, -0.2) is 30.3 Å². The first kappa shape index (κ1) is 13.2. The van der Waals surface area contributed by atoms with E-state index >= 15 is 0 Å². The maximum atomic E-state index is 12.7. The van der Waals surface area contributed by atoms with Gasteiger partial charge >= 0.3 is 0 Å². The van der Waals surface area contributed by atoms with Gasteiger partial charge in [0.2, 0.25) is 0 Å². The summed E-state index contributed by atoms with van der Waals surface area (Å²) in [5.74, 6) is 1.29. The fourth-order valence-corrected chi connectivity index (χ4v) is 2.51. The molecule has 1 saturated heterocycles. The third-order valence-electron chi connectivity index (χ3n) is 3.78. The van der Waals surface area contributed by atoms with Crippen LogP contribution < -0.4 is 0 Å². The standard InChI is InChI=1S/C15H20FNO/c1-11-8-17(9-12(11)2)10-15(18)7-13-3-5-14(16)6-4-13/h3-6,11-12H,7-10H2,1-2H3. The normalized spacial score (nSPS) is 24.4. The van der Waals surface area contributed by atoms with Crippen molar-refractivity contribution in [2.45, 2.75) is 20.3 Å². The van der Waals surface area contributed by atoms with E-state index in [9.17, 15) is 9.18 Å². The second kappa shape index (κ2) is 5.61. The molecule has 0 radical (unpaired) electrons. The molecular weight excluding hydrogens is 229 g/mol. The van der Waals surface area contributed by atoms with E-state index in [0.717, 1.165) is 18.7 Å². The number of hydrogen-bond acceptors (Lipinski definition) is 2. The zero-order chi connectivity index (χ0) is 13.1. The third-order valence-corrected chi connectivity index (χ3v) is 3.78. The van der Waals surface area contributed by atoms with Crippen LogP contribution in [0.4, 0.5) is 4.39 Å². The summed E-state index contributed by atoms with van der Waals surface area (Å²) in [4.78, 5) is 14.2. The molecule has 1 fully saturated rings. The molecule has 0 bridgehead atoms. The molecule has 0 saturated carbocycles. The monoisotopic (exact) mass is 249 g/mol. The van der Waals surface area contributed by atoms with E-state index in [1.165, 1.54) is 12.1 Å².